The third-order valence-electron chi connectivity index (χ3n) is 3.02. The van der Waals surface area contributed by atoms with E-state index in [2.05, 4.69) is 9.97 Å². The Morgan fingerprint density at radius 3 is 2.30 bits per heavy atom. The van der Waals surface area contributed by atoms with Gasteiger partial charge in [-0.15, -0.1) is 0 Å². The van der Waals surface area contributed by atoms with Crippen LogP contribution in [0.25, 0.3) is 11.4 Å². The number of hydrogen-bond acceptors (Lipinski definition) is 4. The van der Waals surface area contributed by atoms with Crippen LogP contribution in [0, 0.1) is 0 Å². The summed E-state index contributed by atoms with van der Waals surface area (Å²) in [5, 5.41) is 0.720. The van der Waals surface area contributed by atoms with Crippen LogP contribution >= 0.6 is 23.2 Å². The highest BCUT2D eigenvalue weighted by atomic mass is 35.5. The second-order valence-electron chi connectivity index (χ2n) is 4.63. The Balaban J connectivity index is 1.78. The van der Waals surface area contributed by atoms with Crippen LogP contribution in [0.4, 0.5) is 0 Å². The normalized spacial score (nSPS) is 10.3. The zero-order chi connectivity index (χ0) is 16.2. The molecule has 0 N–H and O–H groups in total. The topological polar surface area (TPSA) is 52.1 Å². The van der Waals surface area contributed by atoms with Crippen molar-refractivity contribution in [2.45, 2.75) is 0 Å². The zero-order valence-corrected chi connectivity index (χ0v) is 13.3. The average Bonchev–Trinajstić information content (AvgIpc) is 2.58. The van der Waals surface area contributed by atoms with Gasteiger partial charge in [0.1, 0.15) is 5.75 Å². The van der Waals surface area contributed by atoms with Gasteiger partial charge in [-0.25, -0.2) is 14.8 Å². The fraction of sp³-hybridized carbons (Fsp3) is 0. The fourth-order valence-corrected chi connectivity index (χ4v) is 2.33. The lowest BCUT2D eigenvalue weighted by atomic mass is 10.2. The Labute approximate surface area is 142 Å². The smallest absolute Gasteiger partial charge is 0.346 e. The summed E-state index contributed by atoms with van der Waals surface area (Å²) in [5.41, 5.74) is 1.10. The Kier molecular flexibility index (Phi) is 4.55. The van der Waals surface area contributed by atoms with Crippen molar-refractivity contribution in [2.75, 3.05) is 0 Å². The summed E-state index contributed by atoms with van der Waals surface area (Å²) in [6.45, 7) is 0. The van der Waals surface area contributed by atoms with Gasteiger partial charge >= 0.3 is 5.97 Å². The van der Waals surface area contributed by atoms with Crippen LogP contribution in [0.3, 0.4) is 0 Å². The number of carbonyl (C=O) groups excluding carboxylic acids is 1. The number of rotatable bonds is 3. The van der Waals surface area contributed by atoms with Crippen molar-refractivity contribution in [1.82, 2.24) is 9.97 Å². The van der Waals surface area contributed by atoms with E-state index in [9.17, 15) is 4.79 Å². The molecule has 3 rings (SSSR count). The van der Waals surface area contributed by atoms with E-state index in [1.807, 2.05) is 30.3 Å². The predicted molar refractivity (Wildman–Crippen MR) is 88.9 cm³/mol. The van der Waals surface area contributed by atoms with Gasteiger partial charge in [0.05, 0.1) is 10.6 Å². The summed E-state index contributed by atoms with van der Waals surface area (Å²) in [5.74, 6) is 0.175. The molecule has 1 heterocycles. The molecule has 6 heteroatoms. The first-order valence-corrected chi connectivity index (χ1v) is 7.44. The van der Waals surface area contributed by atoms with Gasteiger partial charge in [-0.3, -0.25) is 0 Å². The number of benzene rings is 2. The van der Waals surface area contributed by atoms with Gasteiger partial charge in [0.15, 0.2) is 5.82 Å². The summed E-state index contributed by atoms with van der Waals surface area (Å²) < 4.78 is 5.22. The fourth-order valence-electron chi connectivity index (χ4n) is 1.89. The highest BCUT2D eigenvalue weighted by Gasteiger charge is 2.13. The number of esters is 1. The third kappa shape index (κ3) is 3.67. The monoisotopic (exact) mass is 344 g/mol. The van der Waals surface area contributed by atoms with E-state index in [1.165, 1.54) is 24.5 Å². The molecule has 0 aliphatic carbocycles. The summed E-state index contributed by atoms with van der Waals surface area (Å²) in [4.78, 5) is 20.5. The molecule has 2 aromatic carbocycles. The van der Waals surface area contributed by atoms with Crippen molar-refractivity contribution in [2.24, 2.45) is 0 Å². The molecule has 0 aliphatic rings. The van der Waals surface area contributed by atoms with Gasteiger partial charge in [-0.05, 0) is 18.2 Å². The largest absolute Gasteiger partial charge is 0.421 e. The molecule has 114 valence electrons. The number of nitrogens with zero attached hydrogens (tertiary/aromatic N) is 2. The summed E-state index contributed by atoms with van der Waals surface area (Å²) >= 11 is 11.8. The molecular weight excluding hydrogens is 335 g/mol. The third-order valence-corrected chi connectivity index (χ3v) is 3.55. The molecule has 0 fully saturated rings. The van der Waals surface area contributed by atoms with E-state index in [0.29, 0.717) is 10.8 Å². The van der Waals surface area contributed by atoms with Crippen molar-refractivity contribution < 1.29 is 9.53 Å². The number of carbonyl (C=O) groups is 1. The van der Waals surface area contributed by atoms with Crippen molar-refractivity contribution in [3.05, 3.63) is 76.5 Å². The lowest BCUT2D eigenvalue weighted by molar-refractivity contribution is 0.0734. The first kappa shape index (κ1) is 15.5. The number of aromatic nitrogens is 2. The van der Waals surface area contributed by atoms with Crippen LogP contribution in [0.5, 0.6) is 5.75 Å². The second-order valence-corrected chi connectivity index (χ2v) is 5.47. The number of hydrogen-bond donors (Lipinski definition) is 0. The Morgan fingerprint density at radius 2 is 1.65 bits per heavy atom. The molecule has 0 saturated carbocycles. The SMILES string of the molecule is O=C(Oc1ccc(Cl)cc1Cl)c1cnc(-c2ccccc2)nc1. The molecule has 0 bridgehead atoms. The summed E-state index contributed by atoms with van der Waals surface area (Å²) in [6, 6.07) is 14.1. The second kappa shape index (κ2) is 6.77. The summed E-state index contributed by atoms with van der Waals surface area (Å²) in [6.07, 6.45) is 2.84. The van der Waals surface area contributed by atoms with E-state index in [1.54, 1.807) is 6.07 Å². The molecule has 0 unspecified atom stereocenters. The van der Waals surface area contributed by atoms with Crippen LogP contribution < -0.4 is 4.74 Å². The van der Waals surface area contributed by atoms with Crippen molar-refractivity contribution in [3.8, 4) is 17.1 Å². The maximum Gasteiger partial charge on any atom is 0.346 e. The van der Waals surface area contributed by atoms with Crippen molar-refractivity contribution in [3.63, 3.8) is 0 Å². The minimum Gasteiger partial charge on any atom is -0.421 e. The van der Waals surface area contributed by atoms with Gasteiger partial charge in [-0.2, -0.15) is 0 Å². The number of halogens is 2. The average molecular weight is 345 g/mol. The highest BCUT2D eigenvalue weighted by molar-refractivity contribution is 6.35. The Bertz CT molecular complexity index is 837. The van der Waals surface area contributed by atoms with Crippen LogP contribution in [-0.2, 0) is 0 Å². The standard InChI is InChI=1S/C17H10Cl2N2O2/c18-13-6-7-15(14(19)8-13)23-17(22)12-9-20-16(21-10-12)11-4-2-1-3-5-11/h1-10H. The van der Waals surface area contributed by atoms with E-state index < -0.39 is 5.97 Å². The molecular formula is C17H10Cl2N2O2. The van der Waals surface area contributed by atoms with E-state index in [4.69, 9.17) is 27.9 Å². The van der Waals surface area contributed by atoms with Crippen molar-refractivity contribution in [1.29, 1.82) is 0 Å². The van der Waals surface area contributed by atoms with E-state index in [-0.39, 0.29) is 16.3 Å². The van der Waals surface area contributed by atoms with Crippen LogP contribution in [0.15, 0.2) is 60.9 Å². The lowest BCUT2D eigenvalue weighted by Crippen LogP contribution is -2.10. The molecule has 0 atom stereocenters. The van der Waals surface area contributed by atoms with Crippen LogP contribution in [0.1, 0.15) is 10.4 Å². The van der Waals surface area contributed by atoms with E-state index in [0.717, 1.165) is 5.56 Å². The minimum atomic E-state index is -0.589. The highest BCUT2D eigenvalue weighted by Crippen LogP contribution is 2.28. The van der Waals surface area contributed by atoms with E-state index >= 15 is 0 Å². The minimum absolute atomic E-state index is 0.230. The Hall–Kier alpha value is -2.43. The molecule has 4 nitrogen and oxygen atoms in total. The molecule has 3 aromatic rings. The predicted octanol–water partition coefficient (Wildman–Crippen LogP) is 4.67. The number of ether oxygens (including phenoxy) is 1. The first-order chi connectivity index (χ1) is 11.1. The van der Waals surface area contributed by atoms with Gasteiger partial charge in [-0.1, -0.05) is 53.5 Å². The molecule has 23 heavy (non-hydrogen) atoms. The summed E-state index contributed by atoms with van der Waals surface area (Å²) in [7, 11) is 0. The molecule has 1 aromatic heterocycles. The van der Waals surface area contributed by atoms with Gasteiger partial charge in [0.2, 0.25) is 0 Å². The van der Waals surface area contributed by atoms with Gasteiger partial charge in [0.25, 0.3) is 0 Å². The quantitative estimate of drug-likeness (QED) is 0.511. The maximum atomic E-state index is 12.1. The van der Waals surface area contributed by atoms with Crippen LogP contribution in [0.2, 0.25) is 10.0 Å². The van der Waals surface area contributed by atoms with Gasteiger partial charge in [0, 0.05) is 23.0 Å². The molecule has 0 aliphatic heterocycles. The molecule has 0 radical (unpaired) electrons. The lowest BCUT2D eigenvalue weighted by Gasteiger charge is -2.06. The maximum absolute atomic E-state index is 12.1. The molecule has 0 saturated heterocycles. The Morgan fingerprint density at radius 1 is 0.957 bits per heavy atom. The van der Waals surface area contributed by atoms with Gasteiger partial charge < -0.3 is 4.74 Å². The zero-order valence-electron chi connectivity index (χ0n) is 11.7. The molecule has 0 amide bonds. The van der Waals surface area contributed by atoms with Crippen molar-refractivity contribution >= 4 is 29.2 Å². The molecule has 0 spiro atoms. The van der Waals surface area contributed by atoms with Crippen LogP contribution in [-0.4, -0.2) is 15.9 Å². The first-order valence-electron chi connectivity index (χ1n) is 6.68.